The zero-order valence-corrected chi connectivity index (χ0v) is 11.3. The second-order valence-electron chi connectivity index (χ2n) is 4.65. The van der Waals surface area contributed by atoms with Crippen molar-refractivity contribution >= 4 is 0 Å². The average Bonchev–Trinajstić information content (AvgIpc) is 2.45. The molecule has 1 N–H and O–H groups in total. The number of aryl methyl sites for hydroxylation is 2. The Labute approximate surface area is 114 Å². The van der Waals surface area contributed by atoms with Crippen molar-refractivity contribution in [2.75, 3.05) is 7.11 Å². The fourth-order valence-corrected chi connectivity index (χ4v) is 2.26. The van der Waals surface area contributed by atoms with Crippen LogP contribution in [0.25, 0.3) is 0 Å². The Bertz CT molecular complexity index is 520. The average molecular weight is 256 g/mol. The van der Waals surface area contributed by atoms with Gasteiger partial charge in [-0.2, -0.15) is 0 Å². The topological polar surface area (TPSA) is 29.5 Å². The van der Waals surface area contributed by atoms with Gasteiger partial charge >= 0.3 is 0 Å². The number of para-hydroxylation sites is 2. The monoisotopic (exact) mass is 256 g/mol. The molecule has 0 aliphatic heterocycles. The van der Waals surface area contributed by atoms with E-state index in [4.69, 9.17) is 4.74 Å². The number of phenols is 1. The molecule has 2 nitrogen and oxygen atoms in total. The van der Waals surface area contributed by atoms with Gasteiger partial charge in [0.1, 0.15) is 11.5 Å². The molecule has 0 spiro atoms. The molecule has 0 aliphatic rings. The zero-order chi connectivity index (χ0) is 13.5. The first kappa shape index (κ1) is 13.5. The summed E-state index contributed by atoms with van der Waals surface area (Å²) in [6.07, 6.45) is 4.09. The molecule has 0 heterocycles. The molecule has 0 saturated heterocycles. The Morgan fingerprint density at radius 2 is 1.42 bits per heavy atom. The lowest BCUT2D eigenvalue weighted by atomic mass is 10.0. The van der Waals surface area contributed by atoms with Crippen LogP contribution in [0.2, 0.25) is 0 Å². The predicted octanol–water partition coefficient (Wildman–Crippen LogP) is 3.97. The first-order valence-electron chi connectivity index (χ1n) is 6.70. The molecule has 2 heteroatoms. The summed E-state index contributed by atoms with van der Waals surface area (Å²) >= 11 is 0. The molecule has 0 aliphatic carbocycles. The minimum Gasteiger partial charge on any atom is -0.508 e. The first-order chi connectivity index (χ1) is 9.31. The number of methoxy groups -OCH3 is 1. The normalized spacial score (nSPS) is 10.4. The standard InChI is InChI=1S/C17H20O2/c1-19-17-13-7-5-11-15(17)10-3-2-8-14-9-4-6-12-16(14)18/h4-7,9,11-13,18H,2-3,8,10H2,1H3. The minimum atomic E-state index is 0.403. The van der Waals surface area contributed by atoms with Crippen LogP contribution in [0, 0.1) is 0 Å². The number of benzene rings is 2. The highest BCUT2D eigenvalue weighted by atomic mass is 16.5. The van der Waals surface area contributed by atoms with Gasteiger partial charge < -0.3 is 9.84 Å². The van der Waals surface area contributed by atoms with Gasteiger partial charge in [0.2, 0.25) is 0 Å². The van der Waals surface area contributed by atoms with Gasteiger partial charge in [0.15, 0.2) is 0 Å². The highest BCUT2D eigenvalue weighted by Gasteiger charge is 2.03. The SMILES string of the molecule is COc1ccccc1CCCCc1ccccc1O. The zero-order valence-electron chi connectivity index (χ0n) is 11.3. The van der Waals surface area contributed by atoms with Crippen LogP contribution in [0.15, 0.2) is 48.5 Å². The summed E-state index contributed by atoms with van der Waals surface area (Å²) in [5, 5.41) is 9.69. The third-order valence-corrected chi connectivity index (χ3v) is 3.33. The van der Waals surface area contributed by atoms with Crippen LogP contribution in [-0.2, 0) is 12.8 Å². The Morgan fingerprint density at radius 3 is 2.11 bits per heavy atom. The fraction of sp³-hybridized carbons (Fsp3) is 0.294. The van der Waals surface area contributed by atoms with Crippen molar-refractivity contribution < 1.29 is 9.84 Å². The summed E-state index contributed by atoms with van der Waals surface area (Å²) in [5.41, 5.74) is 2.28. The molecule has 0 fully saturated rings. The van der Waals surface area contributed by atoms with Gasteiger partial charge in [0.05, 0.1) is 7.11 Å². The maximum Gasteiger partial charge on any atom is 0.122 e. The number of rotatable bonds is 6. The van der Waals surface area contributed by atoms with Crippen molar-refractivity contribution in [1.82, 2.24) is 0 Å². The van der Waals surface area contributed by atoms with Crippen LogP contribution < -0.4 is 4.74 Å². The maximum atomic E-state index is 9.69. The van der Waals surface area contributed by atoms with E-state index in [1.807, 2.05) is 36.4 Å². The van der Waals surface area contributed by atoms with Gasteiger partial charge in [-0.25, -0.2) is 0 Å². The minimum absolute atomic E-state index is 0.403. The van der Waals surface area contributed by atoms with Crippen LogP contribution in [0.3, 0.4) is 0 Å². The van der Waals surface area contributed by atoms with Gasteiger partial charge in [0, 0.05) is 0 Å². The number of ether oxygens (including phenoxy) is 1. The maximum absolute atomic E-state index is 9.69. The van der Waals surface area contributed by atoms with E-state index in [1.165, 1.54) is 5.56 Å². The van der Waals surface area contributed by atoms with Crippen molar-refractivity contribution in [1.29, 1.82) is 0 Å². The molecular formula is C17H20O2. The van der Waals surface area contributed by atoms with Gasteiger partial charge in [-0.15, -0.1) is 0 Å². The predicted molar refractivity (Wildman–Crippen MR) is 77.7 cm³/mol. The van der Waals surface area contributed by atoms with Crippen molar-refractivity contribution in [3.05, 3.63) is 59.7 Å². The number of unbranched alkanes of at least 4 members (excludes halogenated alkanes) is 1. The molecular weight excluding hydrogens is 236 g/mol. The van der Waals surface area contributed by atoms with E-state index in [1.54, 1.807) is 13.2 Å². The number of hydrogen-bond donors (Lipinski definition) is 1. The fourth-order valence-electron chi connectivity index (χ4n) is 2.26. The summed E-state index contributed by atoms with van der Waals surface area (Å²) in [6.45, 7) is 0. The van der Waals surface area contributed by atoms with Crippen molar-refractivity contribution in [3.8, 4) is 11.5 Å². The summed E-state index contributed by atoms with van der Waals surface area (Å²) in [4.78, 5) is 0. The second-order valence-corrected chi connectivity index (χ2v) is 4.65. The van der Waals surface area contributed by atoms with Gasteiger partial charge in [-0.1, -0.05) is 36.4 Å². The first-order valence-corrected chi connectivity index (χ1v) is 6.70. The van der Waals surface area contributed by atoms with E-state index >= 15 is 0 Å². The smallest absolute Gasteiger partial charge is 0.122 e. The molecule has 19 heavy (non-hydrogen) atoms. The Kier molecular flexibility index (Phi) is 4.85. The summed E-state index contributed by atoms with van der Waals surface area (Å²) in [5.74, 6) is 1.37. The van der Waals surface area contributed by atoms with E-state index in [0.29, 0.717) is 5.75 Å². The molecule has 0 unspecified atom stereocenters. The van der Waals surface area contributed by atoms with Crippen molar-refractivity contribution in [2.45, 2.75) is 25.7 Å². The van der Waals surface area contributed by atoms with Crippen LogP contribution in [0.1, 0.15) is 24.0 Å². The van der Waals surface area contributed by atoms with Gasteiger partial charge in [-0.05, 0) is 48.9 Å². The Morgan fingerprint density at radius 1 is 0.842 bits per heavy atom. The van der Waals surface area contributed by atoms with Crippen molar-refractivity contribution in [2.24, 2.45) is 0 Å². The van der Waals surface area contributed by atoms with Gasteiger partial charge in [0.25, 0.3) is 0 Å². The molecule has 2 aromatic rings. The molecule has 0 aromatic heterocycles. The second kappa shape index (κ2) is 6.83. The number of aromatic hydroxyl groups is 1. The lowest BCUT2D eigenvalue weighted by Gasteiger charge is -2.08. The van der Waals surface area contributed by atoms with Crippen LogP contribution in [-0.4, -0.2) is 12.2 Å². The number of hydrogen-bond acceptors (Lipinski definition) is 2. The Hall–Kier alpha value is -1.96. The molecule has 2 rings (SSSR count). The molecule has 0 atom stereocenters. The molecule has 100 valence electrons. The van der Waals surface area contributed by atoms with Gasteiger partial charge in [-0.3, -0.25) is 0 Å². The van der Waals surface area contributed by atoms with E-state index in [9.17, 15) is 5.11 Å². The lowest BCUT2D eigenvalue weighted by Crippen LogP contribution is -1.93. The lowest BCUT2D eigenvalue weighted by molar-refractivity contribution is 0.409. The summed E-state index contributed by atoms with van der Waals surface area (Å²) in [6, 6.07) is 15.7. The van der Waals surface area contributed by atoms with E-state index in [-0.39, 0.29) is 0 Å². The quantitative estimate of drug-likeness (QED) is 0.792. The number of phenolic OH excluding ortho intramolecular Hbond substituents is 1. The molecule has 0 amide bonds. The molecule has 0 radical (unpaired) electrons. The van der Waals surface area contributed by atoms with E-state index < -0.39 is 0 Å². The molecule has 0 saturated carbocycles. The van der Waals surface area contributed by atoms with E-state index in [2.05, 4.69) is 6.07 Å². The van der Waals surface area contributed by atoms with Crippen molar-refractivity contribution in [3.63, 3.8) is 0 Å². The van der Waals surface area contributed by atoms with Crippen LogP contribution in [0.4, 0.5) is 0 Å². The molecule has 2 aromatic carbocycles. The van der Waals surface area contributed by atoms with E-state index in [0.717, 1.165) is 37.0 Å². The summed E-state index contributed by atoms with van der Waals surface area (Å²) in [7, 11) is 1.71. The highest BCUT2D eigenvalue weighted by molar-refractivity contribution is 5.33. The third kappa shape index (κ3) is 3.75. The highest BCUT2D eigenvalue weighted by Crippen LogP contribution is 2.21. The Balaban J connectivity index is 1.83. The largest absolute Gasteiger partial charge is 0.508 e. The van der Waals surface area contributed by atoms with Crippen LogP contribution in [0.5, 0.6) is 11.5 Å². The molecule has 0 bridgehead atoms. The van der Waals surface area contributed by atoms with Crippen LogP contribution >= 0.6 is 0 Å². The summed E-state index contributed by atoms with van der Waals surface area (Å²) < 4.78 is 5.34. The third-order valence-electron chi connectivity index (χ3n) is 3.33.